The van der Waals surface area contributed by atoms with E-state index in [1.165, 1.54) is 12.8 Å². The van der Waals surface area contributed by atoms with E-state index in [1.54, 1.807) is 0 Å². The molecule has 20 heavy (non-hydrogen) atoms. The number of aliphatic hydroxyl groups excluding tert-OH is 1. The molecule has 4 atom stereocenters. The van der Waals surface area contributed by atoms with Gasteiger partial charge in [-0.1, -0.05) is 26.7 Å². The smallest absolute Gasteiger partial charge is 0.317 e. The average Bonchev–Trinajstić information content (AvgIpc) is 2.44. The summed E-state index contributed by atoms with van der Waals surface area (Å²) in [5.41, 5.74) is 0. The lowest BCUT2D eigenvalue weighted by Gasteiger charge is -2.38. The molecule has 4 nitrogen and oxygen atoms in total. The fraction of sp³-hybridized carbons (Fsp3) is 0.938. The molecular formula is C16H30N2O2. The van der Waals surface area contributed by atoms with Gasteiger partial charge in [0.25, 0.3) is 0 Å². The molecule has 2 aliphatic rings. The third-order valence-electron chi connectivity index (χ3n) is 5.52. The van der Waals surface area contributed by atoms with Crippen LogP contribution in [-0.2, 0) is 0 Å². The molecule has 1 saturated carbocycles. The second kappa shape index (κ2) is 6.79. The minimum absolute atomic E-state index is 0.0972. The van der Waals surface area contributed by atoms with Crippen molar-refractivity contribution in [1.29, 1.82) is 0 Å². The van der Waals surface area contributed by atoms with Gasteiger partial charge in [-0.3, -0.25) is 0 Å². The number of piperidine rings is 1. The lowest BCUT2D eigenvalue weighted by Crippen LogP contribution is -2.51. The van der Waals surface area contributed by atoms with Gasteiger partial charge < -0.3 is 15.3 Å². The second-order valence-electron chi connectivity index (χ2n) is 6.89. The van der Waals surface area contributed by atoms with Crippen LogP contribution in [0.2, 0.25) is 0 Å². The number of hydrogen-bond donors (Lipinski definition) is 2. The van der Waals surface area contributed by atoms with Crippen LogP contribution in [0.3, 0.4) is 0 Å². The SMILES string of the molecule is CC(O)C1CCN(C(=O)NC2CCCC(C)C2C)CC1. The van der Waals surface area contributed by atoms with Gasteiger partial charge in [-0.05, 0) is 43.9 Å². The van der Waals surface area contributed by atoms with Crippen molar-refractivity contribution in [3.63, 3.8) is 0 Å². The van der Waals surface area contributed by atoms with Gasteiger partial charge in [-0.25, -0.2) is 4.79 Å². The van der Waals surface area contributed by atoms with Crippen LogP contribution in [0.25, 0.3) is 0 Å². The summed E-state index contributed by atoms with van der Waals surface area (Å²) in [6.07, 6.45) is 5.21. The Morgan fingerprint density at radius 2 is 1.85 bits per heavy atom. The second-order valence-corrected chi connectivity index (χ2v) is 6.89. The van der Waals surface area contributed by atoms with E-state index in [0.717, 1.165) is 32.4 Å². The molecule has 0 spiro atoms. The Kier molecular flexibility index (Phi) is 5.30. The molecule has 2 amide bonds. The first-order valence-electron chi connectivity index (χ1n) is 8.22. The Balaban J connectivity index is 1.81. The number of urea groups is 1. The highest BCUT2D eigenvalue weighted by atomic mass is 16.3. The summed E-state index contributed by atoms with van der Waals surface area (Å²) in [6, 6.07) is 0.431. The maximum Gasteiger partial charge on any atom is 0.317 e. The monoisotopic (exact) mass is 282 g/mol. The molecule has 0 aromatic rings. The highest BCUT2D eigenvalue weighted by Gasteiger charge is 2.31. The lowest BCUT2D eigenvalue weighted by molar-refractivity contribution is 0.0778. The van der Waals surface area contributed by atoms with Crippen LogP contribution in [0.5, 0.6) is 0 Å². The Morgan fingerprint density at radius 3 is 2.45 bits per heavy atom. The number of aliphatic hydroxyl groups is 1. The lowest BCUT2D eigenvalue weighted by atomic mass is 9.78. The molecule has 1 saturated heterocycles. The number of rotatable bonds is 2. The maximum atomic E-state index is 12.3. The van der Waals surface area contributed by atoms with E-state index in [-0.39, 0.29) is 12.1 Å². The first kappa shape index (κ1) is 15.6. The first-order valence-corrected chi connectivity index (χ1v) is 8.22. The standard InChI is InChI=1S/C16H30N2O2/c1-11-5-4-6-15(12(11)2)17-16(20)18-9-7-14(8-10-18)13(3)19/h11-15,19H,4-10H2,1-3H3,(H,17,20). The fourth-order valence-corrected chi connectivity index (χ4v) is 3.62. The molecule has 2 fully saturated rings. The van der Waals surface area contributed by atoms with Crippen LogP contribution in [-0.4, -0.2) is 41.3 Å². The minimum Gasteiger partial charge on any atom is -0.393 e. The van der Waals surface area contributed by atoms with Gasteiger partial charge in [-0.15, -0.1) is 0 Å². The van der Waals surface area contributed by atoms with Crippen LogP contribution < -0.4 is 5.32 Å². The number of nitrogens with zero attached hydrogens (tertiary/aromatic N) is 1. The molecule has 0 radical (unpaired) electrons. The Bertz CT molecular complexity index is 324. The van der Waals surface area contributed by atoms with Crippen molar-refractivity contribution in [1.82, 2.24) is 10.2 Å². The summed E-state index contributed by atoms with van der Waals surface area (Å²) < 4.78 is 0. The van der Waals surface area contributed by atoms with Crippen molar-refractivity contribution in [3.05, 3.63) is 0 Å². The van der Waals surface area contributed by atoms with Crippen molar-refractivity contribution in [2.45, 2.75) is 65.0 Å². The van der Waals surface area contributed by atoms with E-state index in [0.29, 0.717) is 23.8 Å². The third kappa shape index (κ3) is 3.66. The highest BCUT2D eigenvalue weighted by molar-refractivity contribution is 5.74. The molecule has 0 aromatic carbocycles. The topological polar surface area (TPSA) is 52.6 Å². The van der Waals surface area contributed by atoms with E-state index < -0.39 is 0 Å². The van der Waals surface area contributed by atoms with Gasteiger partial charge >= 0.3 is 6.03 Å². The molecule has 2 N–H and O–H groups in total. The number of nitrogens with one attached hydrogen (secondary N) is 1. The quantitative estimate of drug-likeness (QED) is 0.818. The van der Waals surface area contributed by atoms with Crippen LogP contribution >= 0.6 is 0 Å². The number of carbonyl (C=O) groups excluding carboxylic acids is 1. The van der Waals surface area contributed by atoms with Crippen molar-refractivity contribution in [3.8, 4) is 0 Å². The molecule has 4 heteroatoms. The van der Waals surface area contributed by atoms with Gasteiger partial charge in [0.05, 0.1) is 6.10 Å². The third-order valence-corrected chi connectivity index (χ3v) is 5.52. The Hall–Kier alpha value is -0.770. The van der Waals surface area contributed by atoms with E-state index in [1.807, 2.05) is 11.8 Å². The fourth-order valence-electron chi connectivity index (χ4n) is 3.62. The summed E-state index contributed by atoms with van der Waals surface area (Å²) in [6.45, 7) is 7.95. The predicted octanol–water partition coefficient (Wildman–Crippen LogP) is 2.61. The molecule has 0 bridgehead atoms. The van der Waals surface area contributed by atoms with E-state index in [9.17, 15) is 9.90 Å². The molecular weight excluding hydrogens is 252 g/mol. The predicted molar refractivity (Wildman–Crippen MR) is 80.5 cm³/mol. The van der Waals surface area contributed by atoms with E-state index >= 15 is 0 Å². The van der Waals surface area contributed by atoms with E-state index in [2.05, 4.69) is 19.2 Å². The zero-order valence-corrected chi connectivity index (χ0v) is 13.1. The summed E-state index contributed by atoms with van der Waals surface area (Å²) >= 11 is 0. The first-order chi connectivity index (χ1) is 9.49. The Labute approximate surface area is 122 Å². The van der Waals surface area contributed by atoms with Crippen LogP contribution in [0.15, 0.2) is 0 Å². The normalized spacial score (nSPS) is 33.8. The van der Waals surface area contributed by atoms with Crippen LogP contribution in [0.4, 0.5) is 4.79 Å². The van der Waals surface area contributed by atoms with Crippen LogP contribution in [0.1, 0.15) is 52.9 Å². The number of hydrogen-bond acceptors (Lipinski definition) is 2. The zero-order valence-electron chi connectivity index (χ0n) is 13.1. The van der Waals surface area contributed by atoms with Gasteiger partial charge in [0.1, 0.15) is 0 Å². The van der Waals surface area contributed by atoms with Crippen molar-refractivity contribution >= 4 is 6.03 Å². The summed E-state index contributed by atoms with van der Waals surface area (Å²) in [5, 5.41) is 12.8. The minimum atomic E-state index is -0.251. The Morgan fingerprint density at radius 1 is 1.20 bits per heavy atom. The summed E-state index contributed by atoms with van der Waals surface area (Å²) in [7, 11) is 0. The highest BCUT2D eigenvalue weighted by Crippen LogP contribution is 2.29. The summed E-state index contributed by atoms with van der Waals surface area (Å²) in [5.74, 6) is 1.63. The molecule has 0 aromatic heterocycles. The zero-order chi connectivity index (χ0) is 14.7. The van der Waals surface area contributed by atoms with Gasteiger partial charge in [0.2, 0.25) is 0 Å². The molecule has 2 rings (SSSR count). The number of amides is 2. The average molecular weight is 282 g/mol. The number of likely N-dealkylation sites (tertiary alicyclic amines) is 1. The molecule has 1 heterocycles. The van der Waals surface area contributed by atoms with Gasteiger partial charge in [0, 0.05) is 19.1 Å². The van der Waals surface area contributed by atoms with Crippen molar-refractivity contribution in [2.75, 3.05) is 13.1 Å². The van der Waals surface area contributed by atoms with Gasteiger partial charge in [0.15, 0.2) is 0 Å². The van der Waals surface area contributed by atoms with Gasteiger partial charge in [-0.2, -0.15) is 0 Å². The maximum absolute atomic E-state index is 12.3. The largest absolute Gasteiger partial charge is 0.393 e. The van der Waals surface area contributed by atoms with Crippen molar-refractivity contribution < 1.29 is 9.90 Å². The number of carbonyl (C=O) groups is 1. The molecule has 1 aliphatic heterocycles. The molecule has 4 unspecified atom stereocenters. The molecule has 116 valence electrons. The van der Waals surface area contributed by atoms with E-state index in [4.69, 9.17) is 0 Å². The summed E-state index contributed by atoms with van der Waals surface area (Å²) in [4.78, 5) is 14.3. The van der Waals surface area contributed by atoms with Crippen LogP contribution in [0, 0.1) is 17.8 Å². The van der Waals surface area contributed by atoms with Crippen molar-refractivity contribution in [2.24, 2.45) is 17.8 Å². The molecule has 1 aliphatic carbocycles.